The maximum absolute atomic E-state index is 12.8. The normalized spacial score (nSPS) is 32.1. The lowest BCUT2D eigenvalue weighted by Gasteiger charge is -2.58. The SMILES string of the molecule is CCCCCCCCC/C=C\CCCCCCCC(=O)OC1CCC2(C)C(=CCC3C2CCC2(C)C(C(C)CCCC(C)C)CCC32)C1. The van der Waals surface area contributed by atoms with E-state index in [2.05, 4.69) is 59.8 Å². The van der Waals surface area contributed by atoms with Gasteiger partial charge in [0.15, 0.2) is 0 Å². The van der Waals surface area contributed by atoms with Crippen molar-refractivity contribution >= 4 is 5.97 Å². The van der Waals surface area contributed by atoms with Crippen LogP contribution in [0.25, 0.3) is 0 Å². The molecule has 4 aliphatic carbocycles. The highest BCUT2D eigenvalue weighted by molar-refractivity contribution is 5.69. The van der Waals surface area contributed by atoms with Gasteiger partial charge >= 0.3 is 5.97 Å². The van der Waals surface area contributed by atoms with Crippen LogP contribution < -0.4 is 0 Å². The summed E-state index contributed by atoms with van der Waals surface area (Å²) in [5.74, 6) is 5.31. The number of carbonyl (C=O) groups is 1. The van der Waals surface area contributed by atoms with E-state index in [1.165, 1.54) is 135 Å². The number of hydrogen-bond donors (Lipinski definition) is 0. The number of allylic oxidation sites excluding steroid dienone is 3. The van der Waals surface area contributed by atoms with Gasteiger partial charge in [0.25, 0.3) is 0 Å². The highest BCUT2D eigenvalue weighted by Crippen LogP contribution is 2.67. The Balaban J connectivity index is 1.10. The van der Waals surface area contributed by atoms with Crippen molar-refractivity contribution in [2.75, 3.05) is 0 Å². The molecule has 0 aromatic rings. The molecule has 0 aliphatic heterocycles. The van der Waals surface area contributed by atoms with Crippen LogP contribution in [0.2, 0.25) is 0 Å². The molecule has 2 nitrogen and oxygen atoms in total. The third-order valence-corrected chi connectivity index (χ3v) is 14.5. The van der Waals surface area contributed by atoms with E-state index in [4.69, 9.17) is 4.74 Å². The molecule has 0 heterocycles. The summed E-state index contributed by atoms with van der Waals surface area (Å²) < 4.78 is 6.13. The van der Waals surface area contributed by atoms with Gasteiger partial charge in [-0.05, 0) is 123 Å². The van der Waals surface area contributed by atoms with E-state index >= 15 is 0 Å². The number of fused-ring (bicyclic) bond motifs is 5. The highest BCUT2D eigenvalue weighted by atomic mass is 16.5. The van der Waals surface area contributed by atoms with Gasteiger partial charge in [0.1, 0.15) is 6.10 Å². The molecule has 48 heavy (non-hydrogen) atoms. The molecule has 0 radical (unpaired) electrons. The molecule has 4 aliphatic rings. The lowest BCUT2D eigenvalue weighted by atomic mass is 9.47. The number of unbranched alkanes of at least 4 members (excludes halogenated alkanes) is 12. The van der Waals surface area contributed by atoms with Crippen molar-refractivity contribution in [3.63, 3.8) is 0 Å². The van der Waals surface area contributed by atoms with Crippen molar-refractivity contribution in [1.29, 1.82) is 0 Å². The second kappa shape index (κ2) is 20.1. The molecule has 0 aromatic carbocycles. The summed E-state index contributed by atoms with van der Waals surface area (Å²) in [5, 5.41) is 0. The molecular weight excluding hydrogens is 585 g/mol. The smallest absolute Gasteiger partial charge is 0.306 e. The lowest BCUT2D eigenvalue weighted by molar-refractivity contribution is -0.151. The average molecular weight is 665 g/mol. The van der Waals surface area contributed by atoms with Crippen molar-refractivity contribution in [2.45, 2.75) is 215 Å². The molecule has 3 saturated carbocycles. The van der Waals surface area contributed by atoms with Gasteiger partial charge < -0.3 is 4.74 Å². The van der Waals surface area contributed by atoms with Gasteiger partial charge in [0.2, 0.25) is 0 Å². The van der Waals surface area contributed by atoms with Crippen molar-refractivity contribution in [3.05, 3.63) is 23.8 Å². The van der Waals surface area contributed by atoms with E-state index in [9.17, 15) is 4.79 Å². The van der Waals surface area contributed by atoms with Crippen LogP contribution >= 0.6 is 0 Å². The lowest BCUT2D eigenvalue weighted by Crippen LogP contribution is -2.51. The third-order valence-electron chi connectivity index (χ3n) is 14.5. The molecule has 0 spiro atoms. The Morgan fingerprint density at radius 1 is 0.792 bits per heavy atom. The van der Waals surface area contributed by atoms with Crippen molar-refractivity contribution < 1.29 is 9.53 Å². The second-order valence-electron chi connectivity index (χ2n) is 18.3. The van der Waals surface area contributed by atoms with E-state index in [1.807, 2.05) is 0 Å². The van der Waals surface area contributed by atoms with Gasteiger partial charge in [-0.2, -0.15) is 0 Å². The van der Waals surface area contributed by atoms with Crippen molar-refractivity contribution in [2.24, 2.45) is 46.3 Å². The summed E-state index contributed by atoms with van der Waals surface area (Å²) in [7, 11) is 0. The maximum atomic E-state index is 12.8. The van der Waals surface area contributed by atoms with Crippen LogP contribution in [0.5, 0.6) is 0 Å². The first-order valence-electron chi connectivity index (χ1n) is 21.7. The third kappa shape index (κ3) is 11.0. The van der Waals surface area contributed by atoms with Gasteiger partial charge in [-0.1, -0.05) is 142 Å². The summed E-state index contributed by atoms with van der Waals surface area (Å²) in [6.45, 7) is 14.9. The Bertz CT molecular complexity index is 992. The summed E-state index contributed by atoms with van der Waals surface area (Å²) >= 11 is 0. The standard InChI is InChI=1S/C46H80O2/c1-7-8-9-10-11-12-13-14-15-16-17-18-19-20-21-22-26-44(47)48-39-31-33-45(5)38(35-39)27-28-40-42-30-29-41(37(4)25-23-24-36(2)3)46(42,6)34-32-43(40)45/h15-16,27,36-37,39-43H,7-14,17-26,28-35H2,1-6H3/b16-15-. The molecule has 0 amide bonds. The molecule has 0 N–H and O–H groups in total. The van der Waals surface area contributed by atoms with Crippen LogP contribution in [0.1, 0.15) is 208 Å². The summed E-state index contributed by atoms with van der Waals surface area (Å²) in [4.78, 5) is 12.8. The number of hydrogen-bond acceptors (Lipinski definition) is 2. The first-order valence-corrected chi connectivity index (χ1v) is 21.7. The molecule has 8 atom stereocenters. The van der Waals surface area contributed by atoms with E-state index in [0.717, 1.165) is 61.2 Å². The molecule has 0 aromatic heterocycles. The van der Waals surface area contributed by atoms with Crippen LogP contribution in [0, 0.1) is 46.3 Å². The zero-order chi connectivity index (χ0) is 34.4. The fraction of sp³-hybridized carbons (Fsp3) is 0.891. The molecule has 3 fully saturated rings. The molecule has 2 heteroatoms. The topological polar surface area (TPSA) is 26.3 Å². The van der Waals surface area contributed by atoms with Crippen molar-refractivity contribution in [3.8, 4) is 0 Å². The summed E-state index contributed by atoms with van der Waals surface area (Å²) in [6.07, 6.45) is 40.9. The molecule has 276 valence electrons. The molecule has 0 bridgehead atoms. The minimum atomic E-state index is 0.0548. The fourth-order valence-corrected chi connectivity index (χ4v) is 11.5. The summed E-state index contributed by atoms with van der Waals surface area (Å²) in [5.41, 5.74) is 2.53. The molecule has 8 unspecified atom stereocenters. The molecule has 4 rings (SSSR count). The predicted octanol–water partition coefficient (Wildman–Crippen LogP) is 14.4. The van der Waals surface area contributed by atoms with Crippen LogP contribution in [-0.4, -0.2) is 12.1 Å². The zero-order valence-electron chi connectivity index (χ0n) is 33.0. The van der Waals surface area contributed by atoms with Gasteiger partial charge in [-0.25, -0.2) is 0 Å². The number of esters is 1. The van der Waals surface area contributed by atoms with Gasteiger partial charge in [-0.3, -0.25) is 4.79 Å². The first kappa shape index (κ1) is 39.7. The number of rotatable bonds is 22. The Hall–Kier alpha value is -1.05. The maximum Gasteiger partial charge on any atom is 0.306 e. The van der Waals surface area contributed by atoms with Gasteiger partial charge in [-0.15, -0.1) is 0 Å². The van der Waals surface area contributed by atoms with Crippen LogP contribution in [0.15, 0.2) is 23.8 Å². The first-order chi connectivity index (χ1) is 23.2. The number of carbonyl (C=O) groups excluding carboxylic acids is 1. The van der Waals surface area contributed by atoms with Crippen LogP contribution in [0.4, 0.5) is 0 Å². The quantitative estimate of drug-likeness (QED) is 0.0654. The monoisotopic (exact) mass is 665 g/mol. The minimum Gasteiger partial charge on any atom is -0.462 e. The average Bonchev–Trinajstić information content (AvgIpc) is 3.42. The van der Waals surface area contributed by atoms with E-state index in [0.29, 0.717) is 17.3 Å². The van der Waals surface area contributed by atoms with E-state index in [1.54, 1.807) is 5.57 Å². The van der Waals surface area contributed by atoms with Gasteiger partial charge in [0, 0.05) is 12.8 Å². The van der Waals surface area contributed by atoms with E-state index < -0.39 is 0 Å². The summed E-state index contributed by atoms with van der Waals surface area (Å²) in [6, 6.07) is 0. The Kier molecular flexibility index (Phi) is 16.6. The Morgan fingerprint density at radius 2 is 1.46 bits per heavy atom. The largest absolute Gasteiger partial charge is 0.462 e. The molecule has 0 saturated heterocycles. The second-order valence-corrected chi connectivity index (χ2v) is 18.3. The Morgan fingerprint density at radius 3 is 2.15 bits per heavy atom. The molecular formula is C46H80O2. The zero-order valence-corrected chi connectivity index (χ0v) is 33.0. The number of ether oxygens (including phenoxy) is 1. The van der Waals surface area contributed by atoms with Crippen LogP contribution in [-0.2, 0) is 9.53 Å². The predicted molar refractivity (Wildman–Crippen MR) is 207 cm³/mol. The Labute approximate surface area is 299 Å². The van der Waals surface area contributed by atoms with Crippen LogP contribution in [0.3, 0.4) is 0 Å². The van der Waals surface area contributed by atoms with Crippen molar-refractivity contribution in [1.82, 2.24) is 0 Å². The van der Waals surface area contributed by atoms with Gasteiger partial charge in [0.05, 0.1) is 0 Å². The highest BCUT2D eigenvalue weighted by Gasteiger charge is 2.59. The minimum absolute atomic E-state index is 0.0548. The fourth-order valence-electron chi connectivity index (χ4n) is 11.5. The van der Waals surface area contributed by atoms with E-state index in [-0.39, 0.29) is 12.1 Å².